The molecule has 3 amide bonds. The van der Waals surface area contributed by atoms with Gasteiger partial charge in [0.05, 0.1) is 20.9 Å². The molecule has 12 nitrogen and oxygen atoms in total. The number of pyridine rings is 1. The Morgan fingerprint density at radius 3 is 2.22 bits per heavy atom. The van der Waals surface area contributed by atoms with Gasteiger partial charge >= 0.3 is 12.2 Å². The lowest BCUT2D eigenvalue weighted by molar-refractivity contribution is -0.114. The van der Waals surface area contributed by atoms with E-state index in [1.54, 1.807) is 46.4 Å². The van der Waals surface area contributed by atoms with Crippen LogP contribution in [0.5, 0.6) is 0 Å². The molecule has 258 valence electrons. The molecule has 1 aliphatic heterocycles. The number of rotatable bonds is 4. The van der Waals surface area contributed by atoms with Gasteiger partial charge < -0.3 is 24.6 Å². The van der Waals surface area contributed by atoms with Gasteiger partial charge in [-0.1, -0.05) is 22.9 Å². The molecule has 4 aromatic rings. The molecule has 49 heavy (non-hydrogen) atoms. The summed E-state index contributed by atoms with van der Waals surface area (Å²) in [5.74, 6) is -2.26. The van der Waals surface area contributed by atoms with Gasteiger partial charge in [0.25, 0.3) is 0 Å². The second kappa shape index (κ2) is 13.2. The molecule has 2 aromatic carbocycles. The first-order valence-corrected chi connectivity index (χ1v) is 16.4. The molecule has 2 N–H and O–H groups in total. The van der Waals surface area contributed by atoms with Crippen molar-refractivity contribution in [3.63, 3.8) is 0 Å². The molecule has 2 aromatic heterocycles. The van der Waals surface area contributed by atoms with Gasteiger partial charge in [0.15, 0.2) is 16.8 Å². The number of anilines is 3. The summed E-state index contributed by atoms with van der Waals surface area (Å²) in [6.07, 6.45) is -1.28. The van der Waals surface area contributed by atoms with Crippen LogP contribution in [-0.2, 0) is 14.3 Å². The number of fused-ring (bicyclic) bond motifs is 2. The van der Waals surface area contributed by atoms with Crippen LogP contribution < -0.4 is 15.5 Å². The minimum Gasteiger partial charge on any atom is -0.444 e. The van der Waals surface area contributed by atoms with E-state index in [2.05, 4.69) is 26.7 Å². The third-order valence-electron chi connectivity index (χ3n) is 7.17. The SMILES string of the molecule is CC(=O)Nc1nc2c(F)c(-c3ccc(F)c4sc(NC(=O)OC(C)(C)C)nc34)c(Cl)cc2c(N2CCN(C(=O)OC(C)(C)C)CC2)c1C#N. The highest BCUT2D eigenvalue weighted by Crippen LogP contribution is 2.44. The van der Waals surface area contributed by atoms with E-state index in [-0.39, 0.29) is 85.6 Å². The Bertz CT molecular complexity index is 2040. The number of nitrogens with zero attached hydrogens (tertiary/aromatic N) is 5. The van der Waals surface area contributed by atoms with Crippen LogP contribution in [0.4, 0.5) is 35.0 Å². The number of amides is 3. The van der Waals surface area contributed by atoms with Crippen LogP contribution in [0.2, 0.25) is 5.02 Å². The van der Waals surface area contributed by atoms with E-state index < -0.39 is 40.9 Å². The molecule has 16 heteroatoms. The van der Waals surface area contributed by atoms with Crippen LogP contribution >= 0.6 is 22.9 Å². The van der Waals surface area contributed by atoms with Gasteiger partial charge in [-0.2, -0.15) is 5.26 Å². The highest BCUT2D eigenvalue weighted by atomic mass is 35.5. The minimum atomic E-state index is -0.908. The van der Waals surface area contributed by atoms with E-state index >= 15 is 8.78 Å². The quantitative estimate of drug-likeness (QED) is 0.217. The van der Waals surface area contributed by atoms with Crippen molar-refractivity contribution in [3.05, 3.63) is 40.4 Å². The van der Waals surface area contributed by atoms with E-state index in [1.807, 2.05) is 0 Å². The summed E-state index contributed by atoms with van der Waals surface area (Å²) in [5, 5.41) is 15.4. The van der Waals surface area contributed by atoms with Crippen LogP contribution in [-0.4, -0.2) is 70.3 Å². The molecular weight excluding hydrogens is 680 g/mol. The summed E-state index contributed by atoms with van der Waals surface area (Å²) in [5.41, 5.74) is -1.44. The summed E-state index contributed by atoms with van der Waals surface area (Å²) >= 11 is 7.62. The van der Waals surface area contributed by atoms with E-state index in [1.165, 1.54) is 24.0 Å². The topological polar surface area (TPSA) is 150 Å². The van der Waals surface area contributed by atoms with Crippen LogP contribution in [0, 0.1) is 23.0 Å². The van der Waals surface area contributed by atoms with Crippen molar-refractivity contribution < 1.29 is 32.6 Å². The van der Waals surface area contributed by atoms with E-state index in [0.717, 1.165) is 17.4 Å². The monoisotopic (exact) mass is 713 g/mol. The van der Waals surface area contributed by atoms with Crippen molar-refractivity contribution in [1.82, 2.24) is 14.9 Å². The van der Waals surface area contributed by atoms with Crippen molar-refractivity contribution in [2.24, 2.45) is 0 Å². The normalized spacial score (nSPS) is 13.7. The zero-order valence-electron chi connectivity index (χ0n) is 27.9. The maximum atomic E-state index is 16.8. The molecule has 3 heterocycles. The fraction of sp³-hybridized carbons (Fsp3) is 0.394. The van der Waals surface area contributed by atoms with Crippen LogP contribution in [0.15, 0.2) is 18.2 Å². The van der Waals surface area contributed by atoms with Gasteiger partial charge in [-0.15, -0.1) is 0 Å². The molecule has 0 bridgehead atoms. The zero-order chi connectivity index (χ0) is 36.0. The number of aromatic nitrogens is 2. The lowest BCUT2D eigenvalue weighted by atomic mass is 9.98. The Morgan fingerprint density at radius 2 is 1.63 bits per heavy atom. The predicted molar refractivity (Wildman–Crippen MR) is 184 cm³/mol. The van der Waals surface area contributed by atoms with E-state index in [4.69, 9.17) is 21.1 Å². The number of nitriles is 1. The number of ether oxygens (including phenoxy) is 2. The van der Waals surface area contributed by atoms with Gasteiger partial charge in [-0.3, -0.25) is 10.1 Å². The van der Waals surface area contributed by atoms with Gasteiger partial charge in [-0.25, -0.2) is 28.3 Å². The number of halogens is 3. The first kappa shape index (κ1) is 35.5. The number of hydrogen-bond donors (Lipinski definition) is 2. The molecule has 0 atom stereocenters. The summed E-state index contributed by atoms with van der Waals surface area (Å²) in [4.78, 5) is 49.3. The van der Waals surface area contributed by atoms with Crippen molar-refractivity contribution >= 4 is 78.8 Å². The third kappa shape index (κ3) is 7.60. The maximum absolute atomic E-state index is 16.8. The minimum absolute atomic E-state index is 0.0156. The number of benzene rings is 2. The summed E-state index contributed by atoms with van der Waals surface area (Å²) < 4.78 is 42.7. The second-order valence-corrected chi connectivity index (χ2v) is 14.7. The Morgan fingerprint density at radius 1 is 0.980 bits per heavy atom. The first-order valence-electron chi connectivity index (χ1n) is 15.2. The molecule has 1 fully saturated rings. The molecular formula is C33H34ClF2N7O5S. The number of hydrogen-bond acceptors (Lipinski definition) is 10. The van der Waals surface area contributed by atoms with Gasteiger partial charge in [0.1, 0.15) is 34.2 Å². The van der Waals surface area contributed by atoms with Gasteiger partial charge in [0, 0.05) is 49.6 Å². The van der Waals surface area contributed by atoms with Crippen LogP contribution in [0.1, 0.15) is 54.0 Å². The van der Waals surface area contributed by atoms with Crippen molar-refractivity contribution in [1.29, 1.82) is 5.26 Å². The number of thiazole rings is 1. The molecule has 0 radical (unpaired) electrons. The molecule has 0 saturated carbocycles. The predicted octanol–water partition coefficient (Wildman–Crippen LogP) is 7.68. The summed E-state index contributed by atoms with van der Waals surface area (Å²) in [7, 11) is 0. The molecule has 0 spiro atoms. The summed E-state index contributed by atoms with van der Waals surface area (Å²) in [6, 6.07) is 6.00. The number of piperazine rings is 1. The Balaban J connectivity index is 1.63. The Kier molecular flexibility index (Phi) is 9.59. The van der Waals surface area contributed by atoms with Gasteiger partial charge in [-0.05, 0) is 59.7 Å². The number of nitrogens with one attached hydrogen (secondary N) is 2. The average Bonchev–Trinajstić information content (AvgIpc) is 3.40. The van der Waals surface area contributed by atoms with Crippen LogP contribution in [0.3, 0.4) is 0 Å². The zero-order valence-corrected chi connectivity index (χ0v) is 29.5. The first-order chi connectivity index (χ1) is 22.9. The van der Waals surface area contributed by atoms with E-state index in [0.29, 0.717) is 0 Å². The lowest BCUT2D eigenvalue weighted by Gasteiger charge is -2.37. The van der Waals surface area contributed by atoms with Crippen LogP contribution in [0.25, 0.3) is 32.2 Å². The molecule has 5 rings (SSSR count). The highest BCUT2D eigenvalue weighted by molar-refractivity contribution is 7.22. The fourth-order valence-corrected chi connectivity index (χ4v) is 6.49. The van der Waals surface area contributed by atoms with Crippen molar-refractivity contribution in [2.75, 3.05) is 41.7 Å². The van der Waals surface area contributed by atoms with Crippen molar-refractivity contribution in [2.45, 2.75) is 59.7 Å². The lowest BCUT2D eigenvalue weighted by Crippen LogP contribution is -2.50. The average molecular weight is 714 g/mol. The standard InChI is InChI=1S/C33H34ClF2N7O5S/c1-16(44)38-28-19(15-37)26(42-10-12-43(13-11-42)31(46)48-33(5,6)7)18-14-20(34)22(23(36)24(18)39-28)17-8-9-21(35)27-25(17)40-29(49-27)41-30(45)47-32(2,3)4/h8-9,14H,10-13H2,1-7H3,(H,38,39,44)(H,40,41,45). The number of carbonyl (C=O) groups excluding carboxylic acids is 3. The van der Waals surface area contributed by atoms with Crippen molar-refractivity contribution in [3.8, 4) is 17.2 Å². The molecule has 0 unspecified atom stereocenters. The van der Waals surface area contributed by atoms with E-state index in [9.17, 15) is 19.6 Å². The number of carbonyl (C=O) groups is 3. The third-order valence-corrected chi connectivity index (χ3v) is 8.45. The molecule has 1 aliphatic rings. The Hall–Kier alpha value is -4.81. The van der Waals surface area contributed by atoms with Gasteiger partial charge in [0.2, 0.25) is 5.91 Å². The maximum Gasteiger partial charge on any atom is 0.413 e. The molecule has 0 aliphatic carbocycles. The molecule has 1 saturated heterocycles. The fourth-order valence-electron chi connectivity index (χ4n) is 5.31. The second-order valence-electron chi connectivity index (χ2n) is 13.3. The smallest absolute Gasteiger partial charge is 0.413 e. The Labute approximate surface area is 289 Å². The largest absolute Gasteiger partial charge is 0.444 e. The summed E-state index contributed by atoms with van der Waals surface area (Å²) in [6.45, 7) is 12.6. The highest BCUT2D eigenvalue weighted by Gasteiger charge is 2.31.